The zero-order chi connectivity index (χ0) is 17.2. The van der Waals surface area contributed by atoms with Crippen molar-refractivity contribution >= 4 is 23.5 Å². The van der Waals surface area contributed by atoms with Crippen LogP contribution in [0.15, 0.2) is 18.2 Å². The van der Waals surface area contributed by atoms with Gasteiger partial charge < -0.3 is 15.2 Å². The molecule has 1 aliphatic heterocycles. The zero-order valence-electron chi connectivity index (χ0n) is 13.4. The molecule has 7 heteroatoms. The summed E-state index contributed by atoms with van der Waals surface area (Å²) in [7, 11) is 0. The molecule has 0 saturated carbocycles. The summed E-state index contributed by atoms with van der Waals surface area (Å²) in [5.41, 5.74) is -0.803. The molecule has 124 valence electrons. The van der Waals surface area contributed by atoms with E-state index in [1.807, 2.05) is 6.92 Å². The molecular formula is C16H20N2O5. The monoisotopic (exact) mass is 320 g/mol. The standard InChI is InChI=1S/C16H20N2O5/c1-4-7-17-13(19)9-18-11-8-10(14(20)21)5-6-12(11)23-16(2,3)15(18)22/h5-6,8H,4,7,9H2,1-3H3,(H,17,19)(H,20,21). The first-order chi connectivity index (χ1) is 10.8. The van der Waals surface area contributed by atoms with Gasteiger partial charge in [-0.15, -0.1) is 0 Å². The minimum absolute atomic E-state index is 0.0267. The number of benzene rings is 1. The van der Waals surface area contributed by atoms with Crippen LogP contribution in [0.5, 0.6) is 5.75 Å². The molecule has 7 nitrogen and oxygen atoms in total. The van der Waals surface area contributed by atoms with Gasteiger partial charge in [-0.05, 0) is 38.5 Å². The summed E-state index contributed by atoms with van der Waals surface area (Å²) in [4.78, 5) is 37.0. The van der Waals surface area contributed by atoms with Crippen LogP contribution in [0.4, 0.5) is 5.69 Å². The van der Waals surface area contributed by atoms with E-state index in [0.717, 1.165) is 6.42 Å². The van der Waals surface area contributed by atoms with Crippen molar-refractivity contribution in [3.05, 3.63) is 23.8 Å². The van der Waals surface area contributed by atoms with Crippen molar-refractivity contribution in [3.63, 3.8) is 0 Å². The average Bonchev–Trinajstić information content (AvgIpc) is 2.49. The molecule has 1 heterocycles. The molecule has 0 aromatic heterocycles. The molecule has 1 aromatic rings. The number of ether oxygens (including phenoxy) is 1. The summed E-state index contributed by atoms with van der Waals surface area (Å²) in [5.74, 6) is -1.42. The maximum atomic E-state index is 12.6. The molecule has 0 spiro atoms. The molecule has 0 unspecified atom stereocenters. The second-order valence-electron chi connectivity index (χ2n) is 5.84. The van der Waals surface area contributed by atoms with Crippen LogP contribution in [0.3, 0.4) is 0 Å². The molecule has 1 aromatic carbocycles. The van der Waals surface area contributed by atoms with E-state index < -0.39 is 11.6 Å². The van der Waals surface area contributed by atoms with Gasteiger partial charge in [0.1, 0.15) is 12.3 Å². The fourth-order valence-electron chi connectivity index (χ4n) is 2.32. The fraction of sp³-hybridized carbons (Fsp3) is 0.438. The van der Waals surface area contributed by atoms with Gasteiger partial charge in [-0.3, -0.25) is 14.5 Å². The number of carboxylic acid groups (broad SMARTS) is 1. The van der Waals surface area contributed by atoms with Gasteiger partial charge in [-0.2, -0.15) is 0 Å². The predicted molar refractivity (Wildman–Crippen MR) is 83.8 cm³/mol. The minimum atomic E-state index is -1.12. The number of anilines is 1. The summed E-state index contributed by atoms with van der Waals surface area (Å²) < 4.78 is 5.64. The Morgan fingerprint density at radius 3 is 2.65 bits per heavy atom. The number of rotatable bonds is 5. The van der Waals surface area contributed by atoms with Gasteiger partial charge in [0.05, 0.1) is 11.3 Å². The van der Waals surface area contributed by atoms with Gasteiger partial charge in [0.2, 0.25) is 5.91 Å². The molecule has 2 rings (SSSR count). The van der Waals surface area contributed by atoms with Crippen molar-refractivity contribution < 1.29 is 24.2 Å². The van der Waals surface area contributed by atoms with Crippen LogP contribution in [-0.4, -0.2) is 41.6 Å². The summed E-state index contributed by atoms with van der Waals surface area (Å²) in [6.45, 7) is 5.49. The highest BCUT2D eigenvalue weighted by atomic mass is 16.5. The number of aromatic carboxylic acids is 1. The third-order valence-electron chi connectivity index (χ3n) is 3.50. The first-order valence-electron chi connectivity index (χ1n) is 7.41. The van der Waals surface area contributed by atoms with E-state index in [1.165, 1.54) is 23.1 Å². The molecule has 0 atom stereocenters. The van der Waals surface area contributed by atoms with Gasteiger partial charge in [0.25, 0.3) is 5.91 Å². The van der Waals surface area contributed by atoms with Crippen LogP contribution in [0, 0.1) is 0 Å². The number of carboxylic acids is 1. The Morgan fingerprint density at radius 1 is 1.35 bits per heavy atom. The van der Waals surface area contributed by atoms with E-state index >= 15 is 0 Å². The van der Waals surface area contributed by atoms with Crippen LogP contribution >= 0.6 is 0 Å². The number of amides is 2. The molecular weight excluding hydrogens is 300 g/mol. The van der Waals surface area contributed by atoms with E-state index in [1.54, 1.807) is 13.8 Å². The fourth-order valence-corrected chi connectivity index (χ4v) is 2.32. The minimum Gasteiger partial charge on any atom is -0.478 e. The van der Waals surface area contributed by atoms with Crippen molar-refractivity contribution in [2.75, 3.05) is 18.0 Å². The van der Waals surface area contributed by atoms with E-state index in [4.69, 9.17) is 9.84 Å². The lowest BCUT2D eigenvalue weighted by atomic mass is 10.0. The smallest absolute Gasteiger partial charge is 0.335 e. The van der Waals surface area contributed by atoms with Crippen LogP contribution in [0.1, 0.15) is 37.6 Å². The molecule has 2 N–H and O–H groups in total. The third kappa shape index (κ3) is 3.44. The average molecular weight is 320 g/mol. The lowest BCUT2D eigenvalue weighted by molar-refractivity contribution is -0.134. The quantitative estimate of drug-likeness (QED) is 0.855. The largest absolute Gasteiger partial charge is 0.478 e. The van der Waals surface area contributed by atoms with Crippen LogP contribution in [0.2, 0.25) is 0 Å². The Balaban J connectivity index is 2.39. The number of hydrogen-bond acceptors (Lipinski definition) is 4. The number of carbonyl (C=O) groups excluding carboxylic acids is 2. The third-order valence-corrected chi connectivity index (χ3v) is 3.50. The van der Waals surface area contributed by atoms with Crippen LogP contribution < -0.4 is 15.0 Å². The Morgan fingerprint density at radius 2 is 2.04 bits per heavy atom. The SMILES string of the molecule is CCCNC(=O)CN1C(=O)C(C)(C)Oc2ccc(C(=O)O)cc21. The molecule has 0 saturated heterocycles. The highest BCUT2D eigenvalue weighted by molar-refractivity contribution is 6.06. The maximum absolute atomic E-state index is 12.6. The molecule has 2 amide bonds. The summed E-state index contributed by atoms with van der Waals surface area (Å²) in [6.07, 6.45) is 0.786. The topological polar surface area (TPSA) is 95.9 Å². The predicted octanol–water partition coefficient (Wildman–Crippen LogP) is 1.41. The van der Waals surface area contributed by atoms with Gasteiger partial charge in [0, 0.05) is 6.54 Å². The Hall–Kier alpha value is -2.57. The number of hydrogen-bond donors (Lipinski definition) is 2. The molecule has 0 aliphatic carbocycles. The summed E-state index contributed by atoms with van der Waals surface area (Å²) >= 11 is 0. The van der Waals surface area contributed by atoms with E-state index in [9.17, 15) is 14.4 Å². The Bertz CT molecular complexity index is 654. The first kappa shape index (κ1) is 16.8. The van der Waals surface area contributed by atoms with E-state index in [0.29, 0.717) is 18.0 Å². The van der Waals surface area contributed by atoms with Crippen molar-refractivity contribution in [2.45, 2.75) is 32.8 Å². The van der Waals surface area contributed by atoms with Crippen LogP contribution in [0.25, 0.3) is 0 Å². The Labute approximate surface area is 134 Å². The lowest BCUT2D eigenvalue weighted by Gasteiger charge is -2.38. The molecule has 0 bridgehead atoms. The van der Waals surface area contributed by atoms with Gasteiger partial charge >= 0.3 is 5.97 Å². The normalized spacial score (nSPS) is 15.6. The van der Waals surface area contributed by atoms with Gasteiger partial charge in [-0.25, -0.2) is 4.79 Å². The molecule has 0 radical (unpaired) electrons. The lowest BCUT2D eigenvalue weighted by Crippen LogP contribution is -2.55. The van der Waals surface area contributed by atoms with Gasteiger partial charge in [-0.1, -0.05) is 6.92 Å². The Kier molecular flexibility index (Phi) is 4.58. The highest BCUT2D eigenvalue weighted by Crippen LogP contribution is 2.38. The van der Waals surface area contributed by atoms with E-state index in [-0.39, 0.29) is 23.9 Å². The van der Waals surface area contributed by atoms with E-state index in [2.05, 4.69) is 5.32 Å². The molecule has 0 fully saturated rings. The number of nitrogens with zero attached hydrogens (tertiary/aromatic N) is 1. The van der Waals surface area contributed by atoms with Crippen molar-refractivity contribution in [1.82, 2.24) is 5.32 Å². The van der Waals surface area contributed by atoms with Crippen LogP contribution in [-0.2, 0) is 9.59 Å². The maximum Gasteiger partial charge on any atom is 0.335 e. The van der Waals surface area contributed by atoms with Gasteiger partial charge in [0.15, 0.2) is 5.60 Å². The zero-order valence-corrected chi connectivity index (χ0v) is 13.4. The first-order valence-corrected chi connectivity index (χ1v) is 7.41. The highest BCUT2D eigenvalue weighted by Gasteiger charge is 2.41. The summed E-state index contributed by atoms with van der Waals surface area (Å²) in [6, 6.07) is 4.25. The second kappa shape index (κ2) is 6.28. The number of carbonyl (C=O) groups is 3. The summed E-state index contributed by atoms with van der Waals surface area (Å²) in [5, 5.41) is 11.8. The second-order valence-corrected chi connectivity index (χ2v) is 5.84. The van der Waals surface area contributed by atoms with Crippen molar-refractivity contribution in [2.24, 2.45) is 0 Å². The number of fused-ring (bicyclic) bond motifs is 1. The van der Waals surface area contributed by atoms with Crippen molar-refractivity contribution in [3.8, 4) is 5.75 Å². The molecule has 23 heavy (non-hydrogen) atoms. The number of nitrogens with one attached hydrogen (secondary N) is 1. The van der Waals surface area contributed by atoms with Crippen molar-refractivity contribution in [1.29, 1.82) is 0 Å². The molecule has 1 aliphatic rings.